The molecule has 0 bridgehead atoms. The smallest absolute Gasteiger partial charge is 0.416 e. The Kier molecular flexibility index (Phi) is 6.32. The van der Waals surface area contributed by atoms with Gasteiger partial charge in [0.15, 0.2) is 0 Å². The van der Waals surface area contributed by atoms with Crippen molar-refractivity contribution in [1.82, 2.24) is 15.3 Å². The number of imidazole rings is 1. The number of rotatable bonds is 7. The van der Waals surface area contributed by atoms with Crippen LogP contribution in [-0.2, 0) is 12.8 Å². The van der Waals surface area contributed by atoms with E-state index in [9.17, 15) is 18.0 Å². The molecule has 4 rings (SSSR count). The van der Waals surface area contributed by atoms with E-state index in [0.29, 0.717) is 22.7 Å². The van der Waals surface area contributed by atoms with Gasteiger partial charge in [-0.1, -0.05) is 24.3 Å². The quantitative estimate of drug-likeness (QED) is 0.382. The molecule has 4 aromatic rings. The average molecular weight is 455 g/mol. The fourth-order valence-electron chi connectivity index (χ4n) is 3.39. The molecule has 0 atom stereocenters. The number of nitrogens with zero attached hydrogens (tertiary/aromatic N) is 1. The van der Waals surface area contributed by atoms with Gasteiger partial charge >= 0.3 is 6.18 Å². The van der Waals surface area contributed by atoms with Crippen LogP contribution >= 0.6 is 0 Å². The normalized spacial score (nSPS) is 11.5. The molecule has 1 amide bonds. The highest BCUT2D eigenvalue weighted by Gasteiger charge is 2.30. The summed E-state index contributed by atoms with van der Waals surface area (Å²) >= 11 is 0. The maximum absolute atomic E-state index is 12.7. The molecule has 0 saturated heterocycles. The summed E-state index contributed by atoms with van der Waals surface area (Å²) in [6.07, 6.45) is -4.40. The molecular weight excluding hydrogens is 435 g/mol. The molecule has 0 unspecified atom stereocenters. The van der Waals surface area contributed by atoms with Gasteiger partial charge in [0.2, 0.25) is 0 Å². The number of hydrogen-bond acceptors (Lipinski definition) is 4. The van der Waals surface area contributed by atoms with Crippen molar-refractivity contribution >= 4 is 16.9 Å². The lowest BCUT2D eigenvalue weighted by molar-refractivity contribution is -0.137. The fraction of sp³-hybridized carbons (Fsp3) is 0.167. The molecule has 0 aliphatic rings. The summed E-state index contributed by atoms with van der Waals surface area (Å²) < 4.78 is 43.6. The molecule has 0 aliphatic carbocycles. The number of H-pyrrole nitrogens is 1. The number of alkyl halides is 3. The second kappa shape index (κ2) is 9.33. The largest absolute Gasteiger partial charge is 0.486 e. The highest BCUT2D eigenvalue weighted by Crippen LogP contribution is 2.30. The highest BCUT2D eigenvalue weighted by atomic mass is 19.4. The summed E-state index contributed by atoms with van der Waals surface area (Å²) in [6.45, 7) is 0.0654. The van der Waals surface area contributed by atoms with Crippen LogP contribution in [-0.4, -0.2) is 34.1 Å². The van der Waals surface area contributed by atoms with Gasteiger partial charge in [-0.05, 0) is 53.6 Å². The summed E-state index contributed by atoms with van der Waals surface area (Å²) in [5.41, 5.74) is 2.69. The van der Waals surface area contributed by atoms with Gasteiger partial charge in [0.05, 0.1) is 23.2 Å². The van der Waals surface area contributed by atoms with E-state index in [4.69, 9.17) is 9.84 Å². The molecule has 0 aliphatic heterocycles. The standard InChI is InChI=1S/C24H20F3N3O3/c25-24(26,27)16-6-8-17(9-7-16)33-14-22-29-20-10-5-15(13-21(20)30-22)18-3-1-2-4-19(18)23(32)28-11-12-31/h1-10,13,31H,11-12,14H2,(H,28,32)(H,29,30). The Hall–Kier alpha value is -3.85. The van der Waals surface area contributed by atoms with E-state index in [1.165, 1.54) is 12.1 Å². The minimum absolute atomic E-state index is 0.0511. The van der Waals surface area contributed by atoms with E-state index in [1.807, 2.05) is 30.3 Å². The lowest BCUT2D eigenvalue weighted by Crippen LogP contribution is -2.26. The summed E-state index contributed by atoms with van der Waals surface area (Å²) in [5.74, 6) is 0.526. The van der Waals surface area contributed by atoms with Gasteiger partial charge in [-0.25, -0.2) is 4.98 Å². The van der Waals surface area contributed by atoms with E-state index >= 15 is 0 Å². The minimum Gasteiger partial charge on any atom is -0.486 e. The van der Waals surface area contributed by atoms with Crippen LogP contribution in [0.2, 0.25) is 0 Å². The van der Waals surface area contributed by atoms with Crippen LogP contribution in [0.4, 0.5) is 13.2 Å². The number of fused-ring (bicyclic) bond motifs is 1. The Bertz CT molecular complexity index is 1270. The van der Waals surface area contributed by atoms with Crippen LogP contribution in [0.25, 0.3) is 22.2 Å². The van der Waals surface area contributed by atoms with Gasteiger partial charge in [-0.2, -0.15) is 13.2 Å². The van der Waals surface area contributed by atoms with Crippen molar-refractivity contribution in [1.29, 1.82) is 0 Å². The molecule has 0 fully saturated rings. The van der Waals surface area contributed by atoms with Crippen molar-refractivity contribution in [3.63, 3.8) is 0 Å². The van der Waals surface area contributed by atoms with E-state index in [-0.39, 0.29) is 25.7 Å². The van der Waals surface area contributed by atoms with Gasteiger partial charge in [0.1, 0.15) is 18.2 Å². The van der Waals surface area contributed by atoms with Crippen LogP contribution in [0, 0.1) is 0 Å². The number of nitrogens with one attached hydrogen (secondary N) is 2. The lowest BCUT2D eigenvalue weighted by Gasteiger charge is -2.10. The molecule has 9 heteroatoms. The number of aliphatic hydroxyl groups excluding tert-OH is 1. The molecule has 3 N–H and O–H groups in total. The molecule has 0 saturated carbocycles. The number of amides is 1. The third-order valence-electron chi connectivity index (χ3n) is 4.97. The van der Waals surface area contributed by atoms with Gasteiger partial charge in [-0.3, -0.25) is 4.79 Å². The zero-order valence-electron chi connectivity index (χ0n) is 17.3. The Morgan fingerprint density at radius 3 is 2.55 bits per heavy atom. The van der Waals surface area contributed by atoms with Crippen LogP contribution in [0.5, 0.6) is 5.75 Å². The van der Waals surface area contributed by atoms with Crippen molar-refractivity contribution in [2.24, 2.45) is 0 Å². The number of aromatic amines is 1. The molecule has 6 nitrogen and oxygen atoms in total. The maximum Gasteiger partial charge on any atom is 0.416 e. The van der Waals surface area contributed by atoms with Crippen LogP contribution < -0.4 is 10.1 Å². The zero-order valence-corrected chi connectivity index (χ0v) is 17.3. The predicted octanol–water partition coefficient (Wildman–Crippen LogP) is 4.55. The monoisotopic (exact) mass is 455 g/mol. The van der Waals surface area contributed by atoms with Crippen molar-refractivity contribution < 1.29 is 27.8 Å². The third-order valence-corrected chi connectivity index (χ3v) is 4.97. The minimum atomic E-state index is -4.40. The zero-order chi connectivity index (χ0) is 23.4. The van der Waals surface area contributed by atoms with Gasteiger partial charge in [-0.15, -0.1) is 0 Å². The summed E-state index contributed by atoms with van der Waals surface area (Å²) in [7, 11) is 0. The lowest BCUT2D eigenvalue weighted by atomic mass is 9.99. The number of benzene rings is 3. The molecule has 3 aromatic carbocycles. The number of carbonyl (C=O) groups is 1. The first kappa shape index (κ1) is 22.3. The van der Waals surface area contributed by atoms with E-state index in [2.05, 4.69) is 15.3 Å². The first-order chi connectivity index (χ1) is 15.8. The Labute approximate surface area is 187 Å². The number of aliphatic hydroxyl groups is 1. The predicted molar refractivity (Wildman–Crippen MR) is 117 cm³/mol. The second-order valence-corrected chi connectivity index (χ2v) is 7.25. The molecule has 170 valence electrons. The van der Waals surface area contributed by atoms with E-state index in [0.717, 1.165) is 28.8 Å². The molecule has 1 heterocycles. The van der Waals surface area contributed by atoms with Crippen molar-refractivity contribution in [2.75, 3.05) is 13.2 Å². The second-order valence-electron chi connectivity index (χ2n) is 7.25. The summed E-state index contributed by atoms with van der Waals surface area (Å²) in [6, 6.07) is 17.1. The SMILES string of the molecule is O=C(NCCO)c1ccccc1-c1ccc2nc(COc3ccc(C(F)(F)F)cc3)[nH]c2c1. The summed E-state index contributed by atoms with van der Waals surface area (Å²) in [5, 5.41) is 11.6. The van der Waals surface area contributed by atoms with Crippen molar-refractivity contribution in [3.8, 4) is 16.9 Å². The molecule has 0 radical (unpaired) electrons. The molecule has 1 aromatic heterocycles. The van der Waals surface area contributed by atoms with E-state index in [1.54, 1.807) is 12.1 Å². The van der Waals surface area contributed by atoms with Crippen molar-refractivity contribution in [2.45, 2.75) is 12.8 Å². The Balaban J connectivity index is 1.52. The highest BCUT2D eigenvalue weighted by molar-refractivity contribution is 6.01. The molecule has 33 heavy (non-hydrogen) atoms. The maximum atomic E-state index is 12.7. The topological polar surface area (TPSA) is 87.2 Å². The van der Waals surface area contributed by atoms with Crippen LogP contribution in [0.1, 0.15) is 21.7 Å². The number of carbonyl (C=O) groups excluding carboxylic acids is 1. The number of ether oxygens (including phenoxy) is 1. The van der Waals surface area contributed by atoms with Gasteiger partial charge in [0.25, 0.3) is 5.91 Å². The van der Waals surface area contributed by atoms with Crippen molar-refractivity contribution in [3.05, 3.63) is 83.7 Å². The van der Waals surface area contributed by atoms with Gasteiger partial charge < -0.3 is 20.1 Å². The Morgan fingerprint density at radius 1 is 1.06 bits per heavy atom. The number of aromatic nitrogens is 2. The fourth-order valence-corrected chi connectivity index (χ4v) is 3.39. The van der Waals surface area contributed by atoms with Crippen LogP contribution in [0.3, 0.4) is 0 Å². The average Bonchev–Trinajstić information content (AvgIpc) is 3.23. The molecule has 0 spiro atoms. The third kappa shape index (κ3) is 5.15. The first-order valence-corrected chi connectivity index (χ1v) is 10.1. The van der Waals surface area contributed by atoms with Crippen LogP contribution in [0.15, 0.2) is 66.7 Å². The Morgan fingerprint density at radius 2 is 1.82 bits per heavy atom. The first-order valence-electron chi connectivity index (χ1n) is 10.1. The van der Waals surface area contributed by atoms with Gasteiger partial charge in [0, 0.05) is 12.1 Å². The summed E-state index contributed by atoms with van der Waals surface area (Å²) in [4.78, 5) is 20.0. The molecular formula is C24H20F3N3O3. The van der Waals surface area contributed by atoms with E-state index < -0.39 is 11.7 Å². The number of hydrogen-bond donors (Lipinski definition) is 3. The number of halogens is 3.